The van der Waals surface area contributed by atoms with Crippen molar-refractivity contribution in [3.63, 3.8) is 0 Å². The van der Waals surface area contributed by atoms with Crippen LogP contribution < -0.4 is 5.32 Å². The summed E-state index contributed by atoms with van der Waals surface area (Å²) in [5.41, 5.74) is 3.28. The van der Waals surface area contributed by atoms with Crippen LogP contribution in [0.5, 0.6) is 0 Å². The second kappa shape index (κ2) is 11.2. The number of amides is 1. The Morgan fingerprint density at radius 1 is 1.17 bits per heavy atom. The molecule has 0 aliphatic heterocycles. The van der Waals surface area contributed by atoms with Gasteiger partial charge in [0.2, 0.25) is 5.91 Å². The molecule has 4 rings (SSSR count). The quantitative estimate of drug-likeness (QED) is 0.316. The summed E-state index contributed by atoms with van der Waals surface area (Å²) in [6.07, 6.45) is 7.93. The van der Waals surface area contributed by atoms with Crippen LogP contribution >= 0.6 is 11.6 Å². The van der Waals surface area contributed by atoms with Gasteiger partial charge in [-0.05, 0) is 74.5 Å². The number of carbonyl (C=O) groups excluding carboxylic acids is 1. The fraction of sp³-hybridized carbons (Fsp3) is 0.607. The van der Waals surface area contributed by atoms with Crippen molar-refractivity contribution in [1.82, 2.24) is 5.16 Å². The summed E-state index contributed by atoms with van der Waals surface area (Å²) in [5, 5.41) is 17.3. The number of carbonyl (C=O) groups is 2. The lowest BCUT2D eigenvalue weighted by Gasteiger charge is -2.36. The molecule has 7 heteroatoms. The smallest absolute Gasteiger partial charge is 0.304 e. The highest BCUT2D eigenvalue weighted by Crippen LogP contribution is 2.53. The topological polar surface area (TPSA) is 92.4 Å². The standard InChI is InChI=1S/C28H37ClN2O4/c1-4-17(5-2)11-18-12-21(13-18)28-26(19-7-8-19)27(31-35-28)20(15-25(33)34)14-24(32)30-23-9-6-16(3)10-22(23)29/h6,9-10,17-21H,4-5,7-8,11-15H2,1-3H3,(H,30,32)(H,33,34)/t18-,20-,21+/m1/s1. The van der Waals surface area contributed by atoms with Crippen molar-refractivity contribution in [3.8, 4) is 0 Å². The fourth-order valence-corrected chi connectivity index (χ4v) is 5.83. The number of carboxylic acids is 1. The first kappa shape index (κ1) is 25.7. The molecule has 2 aliphatic carbocycles. The van der Waals surface area contributed by atoms with Gasteiger partial charge in [-0.15, -0.1) is 0 Å². The van der Waals surface area contributed by atoms with E-state index in [-0.39, 0.29) is 18.7 Å². The number of aryl methyl sites for hydroxylation is 1. The molecule has 2 aliphatic rings. The molecule has 1 heterocycles. The second-order valence-corrected chi connectivity index (χ2v) is 11.0. The van der Waals surface area contributed by atoms with Gasteiger partial charge >= 0.3 is 5.97 Å². The van der Waals surface area contributed by atoms with Crippen molar-refractivity contribution in [3.05, 3.63) is 45.8 Å². The molecule has 1 aromatic heterocycles. The van der Waals surface area contributed by atoms with E-state index < -0.39 is 11.9 Å². The molecule has 1 aromatic carbocycles. The minimum absolute atomic E-state index is 0.0180. The van der Waals surface area contributed by atoms with E-state index in [2.05, 4.69) is 24.3 Å². The van der Waals surface area contributed by atoms with Gasteiger partial charge in [0.05, 0.1) is 22.8 Å². The summed E-state index contributed by atoms with van der Waals surface area (Å²) >= 11 is 6.27. The zero-order valence-corrected chi connectivity index (χ0v) is 21.7. The van der Waals surface area contributed by atoms with Crippen LogP contribution in [0.4, 0.5) is 5.69 Å². The van der Waals surface area contributed by atoms with E-state index in [1.807, 2.05) is 13.0 Å². The molecule has 0 bridgehead atoms. The summed E-state index contributed by atoms with van der Waals surface area (Å²) in [7, 11) is 0. The molecule has 1 atom stereocenters. The Hall–Kier alpha value is -2.34. The van der Waals surface area contributed by atoms with Crippen LogP contribution in [0, 0.1) is 18.8 Å². The van der Waals surface area contributed by atoms with Crippen LogP contribution in [-0.4, -0.2) is 22.1 Å². The lowest BCUT2D eigenvalue weighted by Crippen LogP contribution is -2.24. The molecule has 2 fully saturated rings. The molecule has 1 amide bonds. The van der Waals surface area contributed by atoms with E-state index in [0.29, 0.717) is 28.2 Å². The number of anilines is 1. The van der Waals surface area contributed by atoms with E-state index in [9.17, 15) is 14.7 Å². The van der Waals surface area contributed by atoms with Gasteiger partial charge in [-0.1, -0.05) is 49.5 Å². The van der Waals surface area contributed by atoms with Gasteiger partial charge in [-0.3, -0.25) is 9.59 Å². The van der Waals surface area contributed by atoms with Crippen LogP contribution in [-0.2, 0) is 9.59 Å². The van der Waals surface area contributed by atoms with Crippen molar-refractivity contribution in [1.29, 1.82) is 0 Å². The number of aliphatic carboxylic acids is 1. The molecule has 2 saturated carbocycles. The first-order chi connectivity index (χ1) is 16.8. The highest BCUT2D eigenvalue weighted by molar-refractivity contribution is 6.33. The Balaban J connectivity index is 1.49. The van der Waals surface area contributed by atoms with Gasteiger partial charge in [-0.25, -0.2) is 0 Å². The Morgan fingerprint density at radius 2 is 1.89 bits per heavy atom. The SMILES string of the molecule is CCC(CC)C[C@H]1C[C@@H](c2onc([C@@H](CC(=O)O)CC(=O)Nc3ccc(C)cc3Cl)c2C2CC2)C1. The zero-order chi connectivity index (χ0) is 25.1. The van der Waals surface area contributed by atoms with Crippen molar-refractivity contribution in [2.45, 2.75) is 96.3 Å². The van der Waals surface area contributed by atoms with E-state index in [0.717, 1.165) is 54.4 Å². The monoisotopic (exact) mass is 500 g/mol. The van der Waals surface area contributed by atoms with Crippen LogP contribution in [0.2, 0.25) is 5.02 Å². The van der Waals surface area contributed by atoms with Gasteiger partial charge in [-0.2, -0.15) is 0 Å². The highest BCUT2D eigenvalue weighted by Gasteiger charge is 2.42. The average Bonchev–Trinajstić information content (AvgIpc) is 3.53. The number of carboxylic acid groups (broad SMARTS) is 1. The van der Waals surface area contributed by atoms with E-state index in [1.165, 1.54) is 19.3 Å². The second-order valence-electron chi connectivity index (χ2n) is 10.6. The summed E-state index contributed by atoms with van der Waals surface area (Å²) in [6, 6.07) is 5.43. The van der Waals surface area contributed by atoms with Crippen LogP contribution in [0.1, 0.15) is 112 Å². The molecule has 190 valence electrons. The van der Waals surface area contributed by atoms with Gasteiger partial charge in [0.1, 0.15) is 5.76 Å². The Labute approximate surface area is 212 Å². The van der Waals surface area contributed by atoms with Crippen molar-refractivity contribution < 1.29 is 19.2 Å². The third kappa shape index (κ3) is 6.27. The van der Waals surface area contributed by atoms with E-state index in [1.54, 1.807) is 12.1 Å². The normalized spacial score (nSPS) is 20.5. The predicted molar refractivity (Wildman–Crippen MR) is 137 cm³/mol. The minimum atomic E-state index is -0.948. The average molecular weight is 501 g/mol. The maximum atomic E-state index is 12.9. The molecule has 35 heavy (non-hydrogen) atoms. The molecular weight excluding hydrogens is 464 g/mol. The number of rotatable bonds is 12. The van der Waals surface area contributed by atoms with Crippen molar-refractivity contribution in [2.75, 3.05) is 5.32 Å². The van der Waals surface area contributed by atoms with Crippen LogP contribution in [0.25, 0.3) is 0 Å². The molecule has 2 N–H and O–H groups in total. The van der Waals surface area contributed by atoms with Crippen LogP contribution in [0.3, 0.4) is 0 Å². The van der Waals surface area contributed by atoms with E-state index in [4.69, 9.17) is 16.1 Å². The first-order valence-corrected chi connectivity index (χ1v) is 13.4. The minimum Gasteiger partial charge on any atom is -0.481 e. The van der Waals surface area contributed by atoms with Gasteiger partial charge in [0, 0.05) is 23.8 Å². The van der Waals surface area contributed by atoms with E-state index >= 15 is 0 Å². The molecule has 0 unspecified atom stereocenters. The number of nitrogens with one attached hydrogen (secondary N) is 1. The molecule has 2 aromatic rings. The Bertz CT molecular complexity index is 1050. The lowest BCUT2D eigenvalue weighted by atomic mass is 9.68. The number of benzene rings is 1. The zero-order valence-electron chi connectivity index (χ0n) is 21.0. The maximum Gasteiger partial charge on any atom is 0.304 e. The largest absolute Gasteiger partial charge is 0.481 e. The Morgan fingerprint density at radius 3 is 2.49 bits per heavy atom. The third-order valence-electron chi connectivity index (χ3n) is 7.84. The number of aromatic nitrogens is 1. The molecular formula is C28H37ClN2O4. The summed E-state index contributed by atoms with van der Waals surface area (Å²) in [6.45, 7) is 6.46. The number of halogens is 1. The number of hydrogen-bond acceptors (Lipinski definition) is 4. The lowest BCUT2D eigenvalue weighted by molar-refractivity contribution is -0.137. The van der Waals surface area contributed by atoms with Gasteiger partial charge in [0.25, 0.3) is 0 Å². The fourth-order valence-electron chi connectivity index (χ4n) is 5.55. The predicted octanol–water partition coefficient (Wildman–Crippen LogP) is 7.42. The molecule has 0 radical (unpaired) electrons. The summed E-state index contributed by atoms with van der Waals surface area (Å²) < 4.78 is 5.91. The number of hydrogen-bond donors (Lipinski definition) is 2. The number of nitrogens with zero attached hydrogens (tertiary/aromatic N) is 1. The van der Waals surface area contributed by atoms with Gasteiger partial charge < -0.3 is 14.9 Å². The molecule has 6 nitrogen and oxygen atoms in total. The Kier molecular flexibility index (Phi) is 8.20. The first-order valence-electron chi connectivity index (χ1n) is 13.1. The molecule has 0 saturated heterocycles. The summed E-state index contributed by atoms with van der Waals surface area (Å²) in [4.78, 5) is 24.6. The highest BCUT2D eigenvalue weighted by atomic mass is 35.5. The van der Waals surface area contributed by atoms with Crippen molar-refractivity contribution in [2.24, 2.45) is 11.8 Å². The van der Waals surface area contributed by atoms with Crippen LogP contribution in [0.15, 0.2) is 22.7 Å². The maximum absolute atomic E-state index is 12.9. The van der Waals surface area contributed by atoms with Crippen molar-refractivity contribution >= 4 is 29.2 Å². The summed E-state index contributed by atoms with van der Waals surface area (Å²) in [5.74, 6) is 1.43. The third-order valence-corrected chi connectivity index (χ3v) is 8.15. The van der Waals surface area contributed by atoms with Gasteiger partial charge in [0.15, 0.2) is 0 Å². The molecule has 0 spiro atoms.